The van der Waals surface area contributed by atoms with Gasteiger partial charge < -0.3 is 4.74 Å². The zero-order valence-electron chi connectivity index (χ0n) is 7.15. The van der Waals surface area contributed by atoms with Crippen molar-refractivity contribution in [1.82, 2.24) is 0 Å². The van der Waals surface area contributed by atoms with E-state index in [0.717, 1.165) is 0 Å². The van der Waals surface area contributed by atoms with E-state index in [0.29, 0.717) is 6.42 Å². The van der Waals surface area contributed by atoms with Crippen molar-refractivity contribution in [3.05, 3.63) is 22.2 Å². The fraction of sp³-hybridized carbons (Fsp3) is 0.571. The van der Waals surface area contributed by atoms with Crippen LogP contribution in [-0.2, 0) is 9.53 Å². The highest BCUT2D eigenvalue weighted by Gasteiger charge is 2.06. The molecular weight excluding hydrogens is 158 g/mol. The van der Waals surface area contributed by atoms with E-state index >= 15 is 0 Å². The molecule has 0 aromatic rings. The summed E-state index contributed by atoms with van der Waals surface area (Å²) in [4.78, 5) is 13.5. The molecule has 12 heavy (non-hydrogen) atoms. The highest BCUT2D eigenvalue weighted by Crippen LogP contribution is 2.02. The summed E-state index contributed by atoms with van der Waals surface area (Å²) >= 11 is 0. The maximum Gasteiger partial charge on any atom is 0.340 e. The molecule has 0 aliphatic carbocycles. The zero-order valence-corrected chi connectivity index (χ0v) is 7.15. The first-order chi connectivity index (χ1) is 5.76. The molecule has 0 N–H and O–H groups in total. The Morgan fingerprint density at radius 2 is 2.33 bits per heavy atom. The van der Waals surface area contributed by atoms with Crippen molar-refractivity contribution in [3.63, 3.8) is 0 Å². The maximum atomic E-state index is 11.0. The summed E-state index contributed by atoms with van der Waals surface area (Å²) in [6.07, 6.45) is 2.16. The average molecular weight is 169 g/mol. The number of azide groups is 1. The van der Waals surface area contributed by atoms with E-state index < -0.39 is 5.97 Å². The molecule has 0 rings (SSSR count). The van der Waals surface area contributed by atoms with Gasteiger partial charge in [0.15, 0.2) is 0 Å². The van der Waals surface area contributed by atoms with E-state index in [1.54, 1.807) is 6.92 Å². The molecule has 66 valence electrons. The summed E-state index contributed by atoms with van der Waals surface area (Å²) in [6.45, 7) is 3.81. The average Bonchev–Trinajstić information content (AvgIpc) is 2.04. The van der Waals surface area contributed by atoms with E-state index in [-0.39, 0.29) is 12.3 Å². The van der Waals surface area contributed by atoms with E-state index in [9.17, 15) is 4.79 Å². The van der Waals surface area contributed by atoms with Gasteiger partial charge in [0.2, 0.25) is 0 Å². The van der Waals surface area contributed by atoms with Crippen LogP contribution >= 0.6 is 0 Å². The van der Waals surface area contributed by atoms with Crippen LogP contribution < -0.4 is 0 Å². The number of nitrogens with zero attached hydrogens (tertiary/aromatic N) is 3. The SMILES string of the molecule is CC/C=C(/N=[N+]=[N-])C(=O)OCC. The first-order valence-electron chi connectivity index (χ1n) is 3.68. The van der Waals surface area contributed by atoms with Crippen molar-refractivity contribution in [1.29, 1.82) is 0 Å². The van der Waals surface area contributed by atoms with Crippen LogP contribution in [0.15, 0.2) is 16.9 Å². The molecule has 0 saturated heterocycles. The Morgan fingerprint density at radius 3 is 2.75 bits per heavy atom. The van der Waals surface area contributed by atoms with Gasteiger partial charge in [0.05, 0.1) is 6.61 Å². The monoisotopic (exact) mass is 169 g/mol. The Labute approximate surface area is 70.6 Å². The fourth-order valence-electron chi connectivity index (χ4n) is 0.612. The van der Waals surface area contributed by atoms with Gasteiger partial charge >= 0.3 is 5.97 Å². The van der Waals surface area contributed by atoms with Crippen molar-refractivity contribution in [2.75, 3.05) is 6.61 Å². The highest BCUT2D eigenvalue weighted by atomic mass is 16.5. The summed E-state index contributed by atoms with van der Waals surface area (Å²) in [7, 11) is 0. The maximum absolute atomic E-state index is 11.0. The quantitative estimate of drug-likeness (QED) is 0.212. The molecule has 0 amide bonds. The Morgan fingerprint density at radius 1 is 1.67 bits per heavy atom. The van der Waals surface area contributed by atoms with Gasteiger partial charge in [-0.3, -0.25) is 0 Å². The van der Waals surface area contributed by atoms with Crippen LogP contribution in [0.1, 0.15) is 20.3 Å². The highest BCUT2D eigenvalue weighted by molar-refractivity contribution is 5.87. The summed E-state index contributed by atoms with van der Waals surface area (Å²) in [5.41, 5.74) is 8.12. The largest absolute Gasteiger partial charge is 0.462 e. The van der Waals surface area contributed by atoms with Crippen molar-refractivity contribution in [2.45, 2.75) is 20.3 Å². The lowest BCUT2D eigenvalue weighted by Gasteiger charge is -1.99. The molecule has 0 atom stereocenters. The predicted molar refractivity (Wildman–Crippen MR) is 44.2 cm³/mol. The van der Waals surface area contributed by atoms with Gasteiger partial charge in [0, 0.05) is 4.91 Å². The first-order valence-corrected chi connectivity index (χ1v) is 3.68. The Bertz CT molecular complexity index is 229. The Hall–Kier alpha value is -1.48. The number of allylic oxidation sites excluding steroid dienone is 1. The molecule has 5 heteroatoms. The molecule has 0 fully saturated rings. The lowest BCUT2D eigenvalue weighted by atomic mass is 10.3. The lowest BCUT2D eigenvalue weighted by molar-refractivity contribution is -0.138. The normalized spacial score (nSPS) is 10.3. The summed E-state index contributed by atoms with van der Waals surface area (Å²) in [5.74, 6) is -0.572. The third-order valence-corrected chi connectivity index (χ3v) is 1.03. The number of carbonyl (C=O) groups is 1. The predicted octanol–water partition coefficient (Wildman–Crippen LogP) is 2.15. The van der Waals surface area contributed by atoms with Gasteiger partial charge in [-0.05, 0) is 18.9 Å². The standard InChI is InChI=1S/C7H11N3O2/c1-3-5-6(9-10-8)7(11)12-4-2/h5H,3-4H2,1-2H3/b6-5+. The minimum Gasteiger partial charge on any atom is -0.462 e. The summed E-state index contributed by atoms with van der Waals surface area (Å²) in [5, 5.41) is 3.20. The van der Waals surface area contributed by atoms with Crippen LogP contribution in [0.25, 0.3) is 10.4 Å². The van der Waals surface area contributed by atoms with Crippen LogP contribution in [0.5, 0.6) is 0 Å². The fourth-order valence-corrected chi connectivity index (χ4v) is 0.612. The van der Waals surface area contributed by atoms with E-state index in [4.69, 9.17) is 5.53 Å². The van der Waals surface area contributed by atoms with Gasteiger partial charge in [-0.2, -0.15) is 0 Å². The van der Waals surface area contributed by atoms with Crippen molar-refractivity contribution in [3.8, 4) is 0 Å². The van der Waals surface area contributed by atoms with E-state index in [1.807, 2.05) is 6.92 Å². The third kappa shape index (κ3) is 3.63. The molecule has 0 aromatic heterocycles. The van der Waals surface area contributed by atoms with Crippen molar-refractivity contribution in [2.24, 2.45) is 5.11 Å². The van der Waals surface area contributed by atoms with Crippen LogP contribution in [0.2, 0.25) is 0 Å². The topological polar surface area (TPSA) is 75.1 Å². The van der Waals surface area contributed by atoms with Gasteiger partial charge in [-0.25, -0.2) is 4.79 Å². The molecule has 0 radical (unpaired) electrons. The Balaban J connectivity index is 4.40. The third-order valence-electron chi connectivity index (χ3n) is 1.03. The molecule has 0 bridgehead atoms. The molecule has 0 spiro atoms. The number of ether oxygens (including phenoxy) is 1. The van der Waals surface area contributed by atoms with Gasteiger partial charge in [-0.1, -0.05) is 18.1 Å². The molecule has 0 heterocycles. The number of carbonyl (C=O) groups excluding carboxylic acids is 1. The smallest absolute Gasteiger partial charge is 0.340 e. The van der Waals surface area contributed by atoms with Gasteiger partial charge in [-0.15, -0.1) is 0 Å². The van der Waals surface area contributed by atoms with Crippen LogP contribution in [0, 0.1) is 0 Å². The number of hydrogen-bond acceptors (Lipinski definition) is 3. The van der Waals surface area contributed by atoms with Crippen LogP contribution in [0.4, 0.5) is 0 Å². The van der Waals surface area contributed by atoms with E-state index in [1.165, 1.54) is 6.08 Å². The molecule has 0 aliphatic rings. The molecule has 0 aliphatic heterocycles. The van der Waals surface area contributed by atoms with E-state index in [2.05, 4.69) is 14.8 Å². The molecule has 0 aromatic carbocycles. The lowest BCUT2D eigenvalue weighted by Crippen LogP contribution is -2.05. The molecular formula is C7H11N3O2. The summed E-state index contributed by atoms with van der Waals surface area (Å²) in [6, 6.07) is 0. The van der Waals surface area contributed by atoms with Crippen LogP contribution in [0.3, 0.4) is 0 Å². The second-order valence-electron chi connectivity index (χ2n) is 1.91. The minimum absolute atomic E-state index is 0.0295. The zero-order chi connectivity index (χ0) is 9.40. The second-order valence-corrected chi connectivity index (χ2v) is 1.91. The molecule has 0 saturated carbocycles. The van der Waals surface area contributed by atoms with Crippen molar-refractivity contribution >= 4 is 5.97 Å². The molecule has 0 unspecified atom stereocenters. The van der Waals surface area contributed by atoms with Gasteiger partial charge in [0.25, 0.3) is 0 Å². The number of rotatable bonds is 4. The van der Waals surface area contributed by atoms with Crippen LogP contribution in [-0.4, -0.2) is 12.6 Å². The summed E-state index contributed by atoms with van der Waals surface area (Å²) < 4.78 is 4.64. The second kappa shape index (κ2) is 6.24. The van der Waals surface area contributed by atoms with Gasteiger partial charge in [0.1, 0.15) is 5.70 Å². The Kier molecular flexibility index (Phi) is 5.47. The number of esters is 1. The first kappa shape index (κ1) is 10.5. The minimum atomic E-state index is -0.572. The molecule has 5 nitrogen and oxygen atoms in total. The van der Waals surface area contributed by atoms with Crippen molar-refractivity contribution < 1.29 is 9.53 Å². The number of hydrogen-bond donors (Lipinski definition) is 0.